The lowest BCUT2D eigenvalue weighted by Gasteiger charge is -2.25. The molecule has 3 heteroatoms. The van der Waals surface area contributed by atoms with Crippen molar-refractivity contribution in [1.29, 1.82) is 5.26 Å². The summed E-state index contributed by atoms with van der Waals surface area (Å²) in [5.41, 5.74) is 5.56. The number of hydrogen-bond donors (Lipinski definition) is 0. The van der Waals surface area contributed by atoms with Crippen LogP contribution in [0.3, 0.4) is 0 Å². The molecular weight excluding hydrogens is 318 g/mol. The van der Waals surface area contributed by atoms with E-state index in [-0.39, 0.29) is 0 Å². The maximum absolute atomic E-state index is 9.31. The SMILES string of the molecule is Cn1cccc1[C@H]1CCCN1Cc1ccc(-c2ccccc2C#N)cc1. The van der Waals surface area contributed by atoms with E-state index in [0.29, 0.717) is 6.04 Å². The molecule has 1 aliphatic rings. The first-order valence-electron chi connectivity index (χ1n) is 9.20. The van der Waals surface area contributed by atoms with Crippen LogP contribution in [0.25, 0.3) is 11.1 Å². The molecule has 0 bridgehead atoms. The van der Waals surface area contributed by atoms with Gasteiger partial charge in [-0.2, -0.15) is 5.26 Å². The Morgan fingerprint density at radius 3 is 2.58 bits per heavy atom. The number of nitriles is 1. The Hall–Kier alpha value is -2.83. The van der Waals surface area contributed by atoms with E-state index in [1.807, 2.05) is 24.3 Å². The predicted molar refractivity (Wildman–Crippen MR) is 104 cm³/mol. The maximum Gasteiger partial charge on any atom is 0.0998 e. The second kappa shape index (κ2) is 7.19. The zero-order valence-corrected chi connectivity index (χ0v) is 15.1. The number of likely N-dealkylation sites (tertiary alicyclic amines) is 1. The van der Waals surface area contributed by atoms with Gasteiger partial charge in [-0.05, 0) is 54.3 Å². The summed E-state index contributed by atoms with van der Waals surface area (Å²) >= 11 is 0. The molecule has 0 N–H and O–H groups in total. The van der Waals surface area contributed by atoms with Gasteiger partial charge in [0.1, 0.15) is 0 Å². The Morgan fingerprint density at radius 2 is 1.85 bits per heavy atom. The van der Waals surface area contributed by atoms with E-state index in [0.717, 1.165) is 29.8 Å². The van der Waals surface area contributed by atoms with Crippen LogP contribution in [0.1, 0.15) is 35.7 Å². The van der Waals surface area contributed by atoms with E-state index in [4.69, 9.17) is 0 Å². The van der Waals surface area contributed by atoms with E-state index in [1.54, 1.807) is 0 Å². The highest BCUT2D eigenvalue weighted by Crippen LogP contribution is 2.33. The molecule has 1 aliphatic heterocycles. The molecule has 1 atom stereocenters. The molecule has 0 radical (unpaired) electrons. The van der Waals surface area contributed by atoms with Crippen LogP contribution in [-0.2, 0) is 13.6 Å². The molecule has 0 spiro atoms. The van der Waals surface area contributed by atoms with Crippen LogP contribution in [-0.4, -0.2) is 16.0 Å². The van der Waals surface area contributed by atoms with E-state index < -0.39 is 0 Å². The molecule has 26 heavy (non-hydrogen) atoms. The van der Waals surface area contributed by atoms with Gasteiger partial charge in [0.25, 0.3) is 0 Å². The molecule has 3 aromatic rings. The van der Waals surface area contributed by atoms with Gasteiger partial charge in [0.2, 0.25) is 0 Å². The fourth-order valence-electron chi connectivity index (χ4n) is 4.03. The first kappa shape index (κ1) is 16.6. The molecule has 0 amide bonds. The summed E-state index contributed by atoms with van der Waals surface area (Å²) < 4.78 is 2.24. The topological polar surface area (TPSA) is 32.0 Å². The average molecular weight is 341 g/mol. The zero-order chi connectivity index (χ0) is 17.9. The van der Waals surface area contributed by atoms with Crippen LogP contribution in [0, 0.1) is 11.3 Å². The smallest absolute Gasteiger partial charge is 0.0998 e. The molecule has 130 valence electrons. The van der Waals surface area contributed by atoms with Crippen molar-refractivity contribution in [3.05, 3.63) is 83.7 Å². The minimum absolute atomic E-state index is 0.508. The summed E-state index contributed by atoms with van der Waals surface area (Å²) in [5.74, 6) is 0. The summed E-state index contributed by atoms with van der Waals surface area (Å²) in [5, 5.41) is 9.31. The second-order valence-corrected chi connectivity index (χ2v) is 7.03. The quantitative estimate of drug-likeness (QED) is 0.676. The number of nitrogens with zero attached hydrogens (tertiary/aromatic N) is 3. The molecular formula is C23H23N3. The zero-order valence-electron chi connectivity index (χ0n) is 15.1. The lowest BCUT2D eigenvalue weighted by molar-refractivity contribution is 0.241. The van der Waals surface area contributed by atoms with Crippen molar-refractivity contribution in [3.63, 3.8) is 0 Å². The summed E-state index contributed by atoms with van der Waals surface area (Å²) in [4.78, 5) is 2.58. The van der Waals surface area contributed by atoms with Crippen molar-refractivity contribution in [1.82, 2.24) is 9.47 Å². The van der Waals surface area contributed by atoms with Crippen molar-refractivity contribution in [2.45, 2.75) is 25.4 Å². The van der Waals surface area contributed by atoms with Crippen molar-refractivity contribution in [3.8, 4) is 17.2 Å². The lowest BCUT2D eigenvalue weighted by atomic mass is 9.99. The fraction of sp³-hybridized carbons (Fsp3) is 0.261. The number of hydrogen-bond acceptors (Lipinski definition) is 2. The standard InChI is InChI=1S/C23H23N3/c1-25-14-4-8-22(25)23-9-5-15-26(23)17-18-10-12-19(13-11-18)21-7-3-2-6-20(21)16-24/h2-4,6-8,10-14,23H,5,9,15,17H2,1H3/t23-/m1/s1. The minimum Gasteiger partial charge on any atom is -0.353 e. The van der Waals surface area contributed by atoms with Gasteiger partial charge in [-0.15, -0.1) is 0 Å². The fourth-order valence-corrected chi connectivity index (χ4v) is 4.03. The molecule has 0 saturated carbocycles. The van der Waals surface area contributed by atoms with Gasteiger partial charge < -0.3 is 4.57 Å². The van der Waals surface area contributed by atoms with Crippen molar-refractivity contribution in [2.75, 3.05) is 6.54 Å². The Morgan fingerprint density at radius 1 is 1.04 bits per heavy atom. The Kier molecular flexibility index (Phi) is 4.60. The number of rotatable bonds is 4. The number of aromatic nitrogens is 1. The third-order valence-electron chi connectivity index (χ3n) is 5.39. The highest BCUT2D eigenvalue weighted by Gasteiger charge is 2.27. The van der Waals surface area contributed by atoms with Crippen LogP contribution in [0.4, 0.5) is 0 Å². The Balaban J connectivity index is 1.53. The molecule has 2 aromatic carbocycles. The van der Waals surface area contributed by atoms with Crippen LogP contribution in [0.5, 0.6) is 0 Å². The van der Waals surface area contributed by atoms with E-state index in [2.05, 4.69) is 65.2 Å². The molecule has 0 unspecified atom stereocenters. The van der Waals surface area contributed by atoms with E-state index in [1.165, 1.54) is 24.1 Å². The highest BCUT2D eigenvalue weighted by molar-refractivity contribution is 5.70. The highest BCUT2D eigenvalue weighted by atomic mass is 15.2. The summed E-state index contributed by atoms with van der Waals surface area (Å²) in [7, 11) is 2.13. The Labute approximate surface area is 155 Å². The van der Waals surface area contributed by atoms with Gasteiger partial charge in [0.05, 0.1) is 17.7 Å². The molecule has 3 nitrogen and oxygen atoms in total. The van der Waals surface area contributed by atoms with Crippen LogP contribution >= 0.6 is 0 Å². The van der Waals surface area contributed by atoms with Crippen LogP contribution in [0.2, 0.25) is 0 Å². The minimum atomic E-state index is 0.508. The van der Waals surface area contributed by atoms with Gasteiger partial charge in [-0.1, -0.05) is 42.5 Å². The van der Waals surface area contributed by atoms with Gasteiger partial charge in [0.15, 0.2) is 0 Å². The van der Waals surface area contributed by atoms with Gasteiger partial charge in [-0.25, -0.2) is 0 Å². The summed E-state index contributed by atoms with van der Waals surface area (Å²) in [6.07, 6.45) is 4.61. The third-order valence-corrected chi connectivity index (χ3v) is 5.39. The van der Waals surface area contributed by atoms with Crippen molar-refractivity contribution in [2.24, 2.45) is 7.05 Å². The lowest BCUT2D eigenvalue weighted by Crippen LogP contribution is -2.24. The predicted octanol–water partition coefficient (Wildman–Crippen LogP) is 4.90. The first-order chi connectivity index (χ1) is 12.8. The van der Waals surface area contributed by atoms with Crippen molar-refractivity contribution >= 4 is 0 Å². The third kappa shape index (κ3) is 3.16. The molecule has 4 rings (SSSR count). The number of aryl methyl sites for hydroxylation is 1. The second-order valence-electron chi connectivity index (χ2n) is 7.03. The van der Waals surface area contributed by atoms with Gasteiger partial charge >= 0.3 is 0 Å². The van der Waals surface area contributed by atoms with E-state index >= 15 is 0 Å². The molecule has 1 saturated heterocycles. The van der Waals surface area contributed by atoms with Gasteiger partial charge in [0, 0.05) is 25.5 Å². The maximum atomic E-state index is 9.31. The molecule has 0 aliphatic carbocycles. The summed E-state index contributed by atoms with van der Waals surface area (Å²) in [6, 6.07) is 23.6. The Bertz CT molecular complexity index is 931. The largest absolute Gasteiger partial charge is 0.353 e. The normalized spacial score (nSPS) is 17.3. The monoisotopic (exact) mass is 341 g/mol. The summed E-state index contributed by atoms with van der Waals surface area (Å²) in [6.45, 7) is 2.12. The van der Waals surface area contributed by atoms with Crippen LogP contribution in [0.15, 0.2) is 66.9 Å². The van der Waals surface area contributed by atoms with E-state index in [9.17, 15) is 5.26 Å². The number of benzene rings is 2. The van der Waals surface area contributed by atoms with Crippen molar-refractivity contribution < 1.29 is 0 Å². The molecule has 2 heterocycles. The van der Waals surface area contributed by atoms with Crippen LogP contribution < -0.4 is 0 Å². The molecule has 1 fully saturated rings. The van der Waals surface area contributed by atoms with Gasteiger partial charge in [-0.3, -0.25) is 4.90 Å². The average Bonchev–Trinajstić information content (AvgIpc) is 3.30. The first-order valence-corrected chi connectivity index (χ1v) is 9.20. The molecule has 1 aromatic heterocycles.